The van der Waals surface area contributed by atoms with Crippen LogP contribution < -0.4 is 5.32 Å². The molecule has 2 atom stereocenters. The average molecular weight is 248 g/mol. The minimum Gasteiger partial charge on any atom is -0.395 e. The Morgan fingerprint density at radius 3 is 2.47 bits per heavy atom. The zero-order valence-corrected chi connectivity index (χ0v) is 10.3. The highest BCUT2D eigenvalue weighted by atomic mass is 35.5. The molecule has 1 aromatic rings. The van der Waals surface area contributed by atoms with E-state index in [4.69, 9.17) is 28.3 Å². The van der Waals surface area contributed by atoms with Crippen LogP contribution in [0, 0.1) is 0 Å². The van der Waals surface area contributed by atoms with Crippen molar-refractivity contribution in [1.82, 2.24) is 5.32 Å². The van der Waals surface area contributed by atoms with E-state index in [-0.39, 0.29) is 18.7 Å². The van der Waals surface area contributed by atoms with Crippen molar-refractivity contribution in [2.75, 3.05) is 6.61 Å². The van der Waals surface area contributed by atoms with Crippen molar-refractivity contribution in [2.45, 2.75) is 25.9 Å². The van der Waals surface area contributed by atoms with Crippen molar-refractivity contribution in [2.24, 2.45) is 0 Å². The number of halogens is 2. The van der Waals surface area contributed by atoms with E-state index in [0.717, 1.165) is 5.56 Å². The van der Waals surface area contributed by atoms with Crippen molar-refractivity contribution < 1.29 is 5.11 Å². The number of hydrogen-bond acceptors (Lipinski definition) is 2. The molecule has 0 aliphatic rings. The van der Waals surface area contributed by atoms with Gasteiger partial charge in [-0.3, -0.25) is 0 Å². The number of benzene rings is 1. The molecule has 0 amide bonds. The average Bonchev–Trinajstić information content (AvgIpc) is 2.21. The molecule has 4 heteroatoms. The van der Waals surface area contributed by atoms with Crippen LogP contribution in [0.2, 0.25) is 10.0 Å². The fraction of sp³-hybridized carbons (Fsp3) is 0.455. The summed E-state index contributed by atoms with van der Waals surface area (Å²) in [6, 6.07) is 5.75. The molecule has 15 heavy (non-hydrogen) atoms. The number of rotatable bonds is 4. The molecule has 0 radical (unpaired) electrons. The second-order valence-electron chi connectivity index (χ2n) is 3.65. The summed E-state index contributed by atoms with van der Waals surface area (Å²) >= 11 is 11.7. The van der Waals surface area contributed by atoms with Crippen molar-refractivity contribution in [3.8, 4) is 0 Å². The minimum absolute atomic E-state index is 0.0643. The smallest absolute Gasteiger partial charge is 0.0595 e. The number of aliphatic hydroxyl groups excluding tert-OH is 1. The molecule has 0 bridgehead atoms. The number of hydrogen-bond donors (Lipinski definition) is 2. The Balaban J connectivity index is 2.73. The van der Waals surface area contributed by atoms with Gasteiger partial charge in [0.05, 0.1) is 16.7 Å². The summed E-state index contributed by atoms with van der Waals surface area (Å²) in [4.78, 5) is 0. The van der Waals surface area contributed by atoms with Crippen LogP contribution in [0.4, 0.5) is 0 Å². The van der Waals surface area contributed by atoms with Crippen LogP contribution in [-0.2, 0) is 0 Å². The molecule has 0 saturated heterocycles. The van der Waals surface area contributed by atoms with Crippen LogP contribution in [0.3, 0.4) is 0 Å². The van der Waals surface area contributed by atoms with Gasteiger partial charge in [-0.15, -0.1) is 0 Å². The third-order valence-corrected chi connectivity index (χ3v) is 2.99. The van der Waals surface area contributed by atoms with Crippen LogP contribution >= 0.6 is 23.2 Å². The molecule has 0 aliphatic heterocycles. The van der Waals surface area contributed by atoms with Gasteiger partial charge in [-0.1, -0.05) is 29.3 Å². The molecular formula is C11H15Cl2NO. The van der Waals surface area contributed by atoms with E-state index in [1.54, 1.807) is 6.07 Å². The molecule has 1 aromatic carbocycles. The second-order valence-corrected chi connectivity index (χ2v) is 4.46. The fourth-order valence-electron chi connectivity index (χ4n) is 1.36. The first-order valence-corrected chi connectivity index (χ1v) is 5.62. The van der Waals surface area contributed by atoms with Gasteiger partial charge in [0.1, 0.15) is 0 Å². The first kappa shape index (κ1) is 12.8. The zero-order valence-electron chi connectivity index (χ0n) is 8.80. The summed E-state index contributed by atoms with van der Waals surface area (Å²) in [5.74, 6) is 0. The minimum atomic E-state index is 0.0643. The monoisotopic (exact) mass is 247 g/mol. The van der Waals surface area contributed by atoms with Crippen LogP contribution in [0.1, 0.15) is 25.5 Å². The maximum atomic E-state index is 8.92. The largest absolute Gasteiger partial charge is 0.395 e. The Kier molecular flexibility index (Phi) is 4.87. The van der Waals surface area contributed by atoms with Gasteiger partial charge in [-0.25, -0.2) is 0 Å². The molecule has 0 spiro atoms. The lowest BCUT2D eigenvalue weighted by atomic mass is 10.1. The van der Waals surface area contributed by atoms with Crippen LogP contribution in [-0.4, -0.2) is 17.8 Å². The Labute approximate surface area is 100 Å². The van der Waals surface area contributed by atoms with Crippen molar-refractivity contribution >= 4 is 23.2 Å². The van der Waals surface area contributed by atoms with Gasteiger partial charge in [0.15, 0.2) is 0 Å². The zero-order chi connectivity index (χ0) is 11.4. The highest BCUT2D eigenvalue weighted by molar-refractivity contribution is 6.42. The van der Waals surface area contributed by atoms with E-state index in [0.29, 0.717) is 10.0 Å². The lowest BCUT2D eigenvalue weighted by Gasteiger charge is -2.19. The SMILES string of the molecule is CC(CO)NC(C)c1ccc(Cl)c(Cl)c1. The molecule has 0 aliphatic carbocycles. The predicted octanol–water partition coefficient (Wildman–Crippen LogP) is 3.02. The summed E-state index contributed by atoms with van der Waals surface area (Å²) in [5, 5.41) is 13.3. The van der Waals surface area contributed by atoms with E-state index >= 15 is 0 Å². The molecule has 2 N–H and O–H groups in total. The molecule has 84 valence electrons. The Hall–Kier alpha value is -0.280. The van der Waals surface area contributed by atoms with Crippen LogP contribution in [0.5, 0.6) is 0 Å². The Morgan fingerprint density at radius 1 is 1.27 bits per heavy atom. The van der Waals surface area contributed by atoms with E-state index in [2.05, 4.69) is 5.32 Å². The van der Waals surface area contributed by atoms with Gasteiger partial charge in [-0.05, 0) is 31.5 Å². The molecule has 1 rings (SSSR count). The summed E-state index contributed by atoms with van der Waals surface area (Å²) in [7, 11) is 0. The van der Waals surface area contributed by atoms with Crippen LogP contribution in [0.25, 0.3) is 0 Å². The van der Waals surface area contributed by atoms with Crippen molar-refractivity contribution in [3.05, 3.63) is 33.8 Å². The highest BCUT2D eigenvalue weighted by Gasteiger charge is 2.09. The topological polar surface area (TPSA) is 32.3 Å². The summed E-state index contributed by atoms with van der Waals surface area (Å²) in [6.45, 7) is 4.06. The van der Waals surface area contributed by atoms with E-state index in [1.165, 1.54) is 0 Å². The summed E-state index contributed by atoms with van der Waals surface area (Å²) < 4.78 is 0. The lowest BCUT2D eigenvalue weighted by Crippen LogP contribution is -2.31. The Bertz CT molecular complexity index is 330. The molecule has 0 saturated carbocycles. The summed E-state index contributed by atoms with van der Waals surface area (Å²) in [6.07, 6.45) is 0. The van der Waals surface area contributed by atoms with Gasteiger partial charge in [-0.2, -0.15) is 0 Å². The fourth-order valence-corrected chi connectivity index (χ4v) is 1.66. The quantitative estimate of drug-likeness (QED) is 0.858. The van der Waals surface area contributed by atoms with Gasteiger partial charge in [0.2, 0.25) is 0 Å². The number of nitrogens with one attached hydrogen (secondary N) is 1. The molecule has 0 fully saturated rings. The normalized spacial score (nSPS) is 15.0. The standard InChI is InChI=1S/C11H15Cl2NO/c1-7(6-15)14-8(2)9-3-4-10(12)11(13)5-9/h3-5,7-8,14-15H,6H2,1-2H3. The highest BCUT2D eigenvalue weighted by Crippen LogP contribution is 2.25. The van der Waals surface area contributed by atoms with Gasteiger partial charge < -0.3 is 10.4 Å². The predicted molar refractivity (Wildman–Crippen MR) is 64.6 cm³/mol. The molecular weight excluding hydrogens is 233 g/mol. The first-order chi connectivity index (χ1) is 7.04. The first-order valence-electron chi connectivity index (χ1n) is 4.86. The molecule has 0 aromatic heterocycles. The lowest BCUT2D eigenvalue weighted by molar-refractivity contribution is 0.243. The maximum absolute atomic E-state index is 8.92. The van der Waals surface area contributed by atoms with E-state index in [1.807, 2.05) is 26.0 Å². The molecule has 2 nitrogen and oxygen atoms in total. The summed E-state index contributed by atoms with van der Waals surface area (Å²) in [5.41, 5.74) is 1.06. The van der Waals surface area contributed by atoms with Crippen molar-refractivity contribution in [1.29, 1.82) is 0 Å². The third-order valence-electron chi connectivity index (χ3n) is 2.25. The number of aliphatic hydroxyl groups is 1. The van der Waals surface area contributed by atoms with E-state index < -0.39 is 0 Å². The third kappa shape index (κ3) is 3.65. The molecule has 0 heterocycles. The van der Waals surface area contributed by atoms with Crippen LogP contribution in [0.15, 0.2) is 18.2 Å². The molecule has 2 unspecified atom stereocenters. The Morgan fingerprint density at radius 2 is 1.93 bits per heavy atom. The van der Waals surface area contributed by atoms with Gasteiger partial charge in [0.25, 0.3) is 0 Å². The van der Waals surface area contributed by atoms with Gasteiger partial charge in [0, 0.05) is 12.1 Å². The second kappa shape index (κ2) is 5.71. The van der Waals surface area contributed by atoms with E-state index in [9.17, 15) is 0 Å². The van der Waals surface area contributed by atoms with Gasteiger partial charge >= 0.3 is 0 Å². The van der Waals surface area contributed by atoms with Crippen molar-refractivity contribution in [3.63, 3.8) is 0 Å². The maximum Gasteiger partial charge on any atom is 0.0595 e.